The molecule has 0 spiro atoms. The molecule has 0 fully saturated rings. The molecule has 0 heterocycles. The average molecular weight is 361 g/mol. The molecular formula is C15H13BrClF2N. The van der Waals surface area contributed by atoms with Crippen molar-refractivity contribution in [1.82, 2.24) is 0 Å². The lowest BCUT2D eigenvalue weighted by molar-refractivity contribution is 0.609. The summed E-state index contributed by atoms with van der Waals surface area (Å²) in [6.45, 7) is 0. The zero-order chi connectivity index (χ0) is 14.7. The number of hydrogen-bond donors (Lipinski definition) is 1. The quantitative estimate of drug-likeness (QED) is 0.854. The second-order valence-corrected chi connectivity index (χ2v) is 5.82. The van der Waals surface area contributed by atoms with E-state index in [-0.39, 0.29) is 17.7 Å². The summed E-state index contributed by atoms with van der Waals surface area (Å²) >= 11 is 9.18. The predicted molar refractivity (Wildman–Crippen MR) is 80.9 cm³/mol. The molecule has 20 heavy (non-hydrogen) atoms. The van der Waals surface area contributed by atoms with Crippen molar-refractivity contribution < 1.29 is 8.78 Å². The molecule has 0 radical (unpaired) electrons. The van der Waals surface area contributed by atoms with Crippen LogP contribution in [0.25, 0.3) is 0 Å². The highest BCUT2D eigenvalue weighted by atomic mass is 79.9. The Morgan fingerprint density at radius 1 is 1.10 bits per heavy atom. The normalized spacial score (nSPS) is 12.4. The second-order valence-electron chi connectivity index (χ2n) is 4.62. The van der Waals surface area contributed by atoms with Crippen molar-refractivity contribution in [2.75, 3.05) is 0 Å². The summed E-state index contributed by atoms with van der Waals surface area (Å²) in [7, 11) is 0. The van der Waals surface area contributed by atoms with E-state index in [0.717, 1.165) is 11.1 Å². The van der Waals surface area contributed by atoms with Crippen molar-refractivity contribution in [1.29, 1.82) is 0 Å². The lowest BCUT2D eigenvalue weighted by Crippen LogP contribution is -2.26. The summed E-state index contributed by atoms with van der Waals surface area (Å²) in [6, 6.07) is 8.87. The molecule has 0 amide bonds. The van der Waals surface area contributed by atoms with E-state index in [4.69, 9.17) is 17.3 Å². The van der Waals surface area contributed by atoms with E-state index in [0.29, 0.717) is 22.3 Å². The SMILES string of the molecule is NC(Cc1ccc(F)cc1Cl)Cc1cccc(F)c1Br. The Hall–Kier alpha value is -0.970. The molecular weight excluding hydrogens is 348 g/mol. The molecule has 0 saturated carbocycles. The molecule has 1 atom stereocenters. The van der Waals surface area contributed by atoms with Crippen molar-refractivity contribution in [2.45, 2.75) is 18.9 Å². The fraction of sp³-hybridized carbons (Fsp3) is 0.200. The molecule has 1 unspecified atom stereocenters. The van der Waals surface area contributed by atoms with Crippen molar-refractivity contribution in [3.05, 3.63) is 68.7 Å². The molecule has 0 aromatic heterocycles. The Balaban J connectivity index is 2.09. The first kappa shape index (κ1) is 15.4. The molecule has 5 heteroatoms. The number of benzene rings is 2. The molecule has 2 aromatic rings. The summed E-state index contributed by atoms with van der Waals surface area (Å²) in [5.74, 6) is -0.685. The van der Waals surface area contributed by atoms with Crippen LogP contribution in [0.4, 0.5) is 8.78 Å². The third kappa shape index (κ3) is 3.78. The third-order valence-corrected chi connectivity index (χ3v) is 4.25. The molecule has 2 rings (SSSR count). The molecule has 0 saturated heterocycles. The van der Waals surface area contributed by atoms with E-state index in [1.54, 1.807) is 12.1 Å². The standard InChI is InChI=1S/C15H13BrClF2N/c16-15-10(2-1-3-14(15)19)7-12(20)6-9-4-5-11(18)8-13(9)17/h1-5,8,12H,6-7,20H2. The van der Waals surface area contributed by atoms with Crippen LogP contribution in [0.15, 0.2) is 40.9 Å². The first-order valence-electron chi connectivity index (χ1n) is 6.09. The average Bonchev–Trinajstić information content (AvgIpc) is 2.38. The predicted octanol–water partition coefficient (Wildman–Crippen LogP) is 4.49. The van der Waals surface area contributed by atoms with Crippen LogP contribution in [0.3, 0.4) is 0 Å². The van der Waals surface area contributed by atoms with Crippen LogP contribution < -0.4 is 5.73 Å². The highest BCUT2D eigenvalue weighted by molar-refractivity contribution is 9.10. The fourth-order valence-corrected chi connectivity index (χ4v) is 2.70. The maximum atomic E-state index is 13.4. The number of halogens is 4. The Morgan fingerprint density at radius 2 is 1.80 bits per heavy atom. The van der Waals surface area contributed by atoms with Gasteiger partial charge in [-0.25, -0.2) is 8.78 Å². The number of hydrogen-bond acceptors (Lipinski definition) is 1. The van der Waals surface area contributed by atoms with Crippen molar-refractivity contribution in [2.24, 2.45) is 5.73 Å². The molecule has 0 bridgehead atoms. The topological polar surface area (TPSA) is 26.0 Å². The Bertz CT molecular complexity index is 619. The number of nitrogens with two attached hydrogens (primary N) is 1. The Kier molecular flexibility index (Phi) is 5.13. The van der Waals surface area contributed by atoms with Crippen LogP contribution >= 0.6 is 27.5 Å². The van der Waals surface area contributed by atoms with E-state index < -0.39 is 0 Å². The van der Waals surface area contributed by atoms with Gasteiger partial charge in [-0.05, 0) is 58.1 Å². The van der Waals surface area contributed by atoms with Crippen molar-refractivity contribution in [3.8, 4) is 0 Å². The largest absolute Gasteiger partial charge is 0.327 e. The summed E-state index contributed by atoms with van der Waals surface area (Å²) in [5, 5.41) is 0.360. The van der Waals surface area contributed by atoms with Crippen LogP contribution in [0.2, 0.25) is 5.02 Å². The van der Waals surface area contributed by atoms with Gasteiger partial charge in [0.2, 0.25) is 0 Å². The number of rotatable bonds is 4. The van der Waals surface area contributed by atoms with Crippen molar-refractivity contribution in [3.63, 3.8) is 0 Å². The van der Waals surface area contributed by atoms with Gasteiger partial charge in [0.25, 0.3) is 0 Å². The Labute approximate surface area is 129 Å². The smallest absolute Gasteiger partial charge is 0.137 e. The van der Waals surface area contributed by atoms with E-state index in [1.165, 1.54) is 18.2 Å². The van der Waals surface area contributed by atoms with Gasteiger partial charge in [-0.2, -0.15) is 0 Å². The van der Waals surface area contributed by atoms with Gasteiger partial charge in [-0.15, -0.1) is 0 Å². The van der Waals surface area contributed by atoms with Crippen LogP contribution in [0, 0.1) is 11.6 Å². The fourth-order valence-electron chi connectivity index (χ4n) is 2.03. The highest BCUT2D eigenvalue weighted by Crippen LogP contribution is 2.23. The molecule has 0 aliphatic rings. The minimum absolute atomic E-state index is 0.226. The summed E-state index contributed by atoms with van der Waals surface area (Å²) in [5.41, 5.74) is 7.65. The molecule has 2 aromatic carbocycles. The Morgan fingerprint density at radius 3 is 2.50 bits per heavy atom. The lowest BCUT2D eigenvalue weighted by atomic mass is 9.99. The molecule has 1 nitrogen and oxygen atoms in total. The van der Waals surface area contributed by atoms with E-state index in [9.17, 15) is 8.78 Å². The third-order valence-electron chi connectivity index (χ3n) is 3.01. The van der Waals surface area contributed by atoms with Crippen LogP contribution in [0.5, 0.6) is 0 Å². The van der Waals surface area contributed by atoms with Crippen LogP contribution in [0.1, 0.15) is 11.1 Å². The van der Waals surface area contributed by atoms with Gasteiger partial charge in [-0.1, -0.05) is 29.8 Å². The summed E-state index contributed by atoms with van der Waals surface area (Å²) in [4.78, 5) is 0. The molecule has 0 aliphatic carbocycles. The second kappa shape index (κ2) is 6.66. The maximum absolute atomic E-state index is 13.4. The van der Waals surface area contributed by atoms with E-state index in [1.807, 2.05) is 6.07 Å². The van der Waals surface area contributed by atoms with E-state index in [2.05, 4.69) is 15.9 Å². The maximum Gasteiger partial charge on any atom is 0.137 e. The first-order valence-corrected chi connectivity index (χ1v) is 7.27. The lowest BCUT2D eigenvalue weighted by Gasteiger charge is -2.14. The van der Waals surface area contributed by atoms with Gasteiger partial charge >= 0.3 is 0 Å². The van der Waals surface area contributed by atoms with Gasteiger partial charge in [0.05, 0.1) is 4.47 Å². The van der Waals surface area contributed by atoms with E-state index >= 15 is 0 Å². The van der Waals surface area contributed by atoms with Gasteiger partial charge in [0.1, 0.15) is 11.6 Å². The zero-order valence-corrected chi connectivity index (χ0v) is 12.9. The van der Waals surface area contributed by atoms with Gasteiger partial charge < -0.3 is 5.73 Å². The highest BCUT2D eigenvalue weighted by Gasteiger charge is 2.12. The van der Waals surface area contributed by atoms with Crippen molar-refractivity contribution >= 4 is 27.5 Å². The van der Waals surface area contributed by atoms with Gasteiger partial charge in [-0.3, -0.25) is 0 Å². The molecule has 2 N–H and O–H groups in total. The minimum atomic E-state index is -0.375. The molecule has 106 valence electrons. The van der Waals surface area contributed by atoms with Gasteiger partial charge in [0.15, 0.2) is 0 Å². The first-order chi connectivity index (χ1) is 9.47. The van der Waals surface area contributed by atoms with Gasteiger partial charge in [0, 0.05) is 11.1 Å². The minimum Gasteiger partial charge on any atom is -0.327 e. The van der Waals surface area contributed by atoms with Crippen LogP contribution in [-0.2, 0) is 12.8 Å². The monoisotopic (exact) mass is 359 g/mol. The molecule has 0 aliphatic heterocycles. The summed E-state index contributed by atoms with van der Waals surface area (Å²) < 4.78 is 26.8. The zero-order valence-electron chi connectivity index (χ0n) is 10.5. The van der Waals surface area contributed by atoms with Crippen LogP contribution in [-0.4, -0.2) is 6.04 Å². The summed E-state index contributed by atoms with van der Waals surface area (Å²) in [6.07, 6.45) is 1.01.